The zero-order chi connectivity index (χ0) is 38.4. The maximum absolute atomic E-state index is 5.03. The van der Waals surface area contributed by atoms with Gasteiger partial charge in [-0.15, -0.1) is 0 Å². The van der Waals surface area contributed by atoms with Crippen molar-refractivity contribution < 1.29 is 0 Å². The second kappa shape index (κ2) is 18.9. The topological polar surface area (TPSA) is 25.8 Å². The van der Waals surface area contributed by atoms with Gasteiger partial charge in [-0.3, -0.25) is 4.98 Å². The minimum Gasteiger partial charge on any atom is -0.261 e. The average molecular weight is 723 g/mol. The fourth-order valence-electron chi connectivity index (χ4n) is 6.95. The lowest BCUT2D eigenvalue weighted by Crippen LogP contribution is -1.96. The van der Waals surface area contributed by atoms with Crippen LogP contribution in [0, 0.1) is 0 Å². The first-order valence-corrected chi connectivity index (χ1v) is 19.3. The van der Waals surface area contributed by atoms with E-state index in [0.29, 0.717) is 0 Å². The highest BCUT2D eigenvalue weighted by molar-refractivity contribution is 5.82. The summed E-state index contributed by atoms with van der Waals surface area (Å²) in [6.45, 7) is 7.96. The largest absolute Gasteiger partial charge is 0.261 e. The van der Waals surface area contributed by atoms with Gasteiger partial charge in [-0.05, 0) is 118 Å². The van der Waals surface area contributed by atoms with Gasteiger partial charge in [0.2, 0.25) is 0 Å². The molecule has 7 aromatic rings. The first-order valence-electron chi connectivity index (χ1n) is 19.3. The maximum atomic E-state index is 5.03. The number of allylic oxidation sites excluding steroid dienone is 8. The Morgan fingerprint density at radius 1 is 0.536 bits per heavy atom. The van der Waals surface area contributed by atoms with Crippen molar-refractivity contribution >= 4 is 5.57 Å². The molecule has 2 heterocycles. The van der Waals surface area contributed by atoms with E-state index in [4.69, 9.17) is 4.98 Å². The lowest BCUT2D eigenvalue weighted by Gasteiger charge is -2.13. The van der Waals surface area contributed by atoms with Crippen LogP contribution < -0.4 is 0 Å². The third-order valence-electron chi connectivity index (χ3n) is 9.89. The normalized spacial score (nSPS) is 11.6. The van der Waals surface area contributed by atoms with Crippen LogP contribution in [0.5, 0.6) is 0 Å². The minimum atomic E-state index is 0.858. The molecule has 2 heteroatoms. The fourth-order valence-corrected chi connectivity index (χ4v) is 6.95. The van der Waals surface area contributed by atoms with Crippen molar-refractivity contribution in [3.63, 3.8) is 0 Å². The Hall–Kier alpha value is -6.90. The molecule has 56 heavy (non-hydrogen) atoms. The van der Waals surface area contributed by atoms with Crippen LogP contribution in [-0.4, -0.2) is 9.97 Å². The Bertz CT molecular complexity index is 2490. The van der Waals surface area contributed by atoms with E-state index >= 15 is 0 Å². The molecule has 0 bridgehead atoms. The predicted octanol–water partition coefficient (Wildman–Crippen LogP) is 13.8. The van der Waals surface area contributed by atoms with Gasteiger partial charge in [0.15, 0.2) is 0 Å². The highest BCUT2D eigenvalue weighted by Crippen LogP contribution is 2.33. The number of pyridine rings is 2. The molecule has 0 spiro atoms. The van der Waals surface area contributed by atoms with Crippen molar-refractivity contribution in [3.8, 4) is 44.6 Å². The molecule has 5 aromatic carbocycles. The van der Waals surface area contributed by atoms with E-state index < -0.39 is 0 Å². The van der Waals surface area contributed by atoms with Gasteiger partial charge in [-0.25, -0.2) is 4.98 Å². The van der Waals surface area contributed by atoms with E-state index in [-0.39, 0.29) is 0 Å². The molecular weight excluding hydrogens is 677 g/mol. The number of rotatable bonds is 15. The third-order valence-corrected chi connectivity index (χ3v) is 9.89. The van der Waals surface area contributed by atoms with Crippen molar-refractivity contribution in [2.45, 2.75) is 25.7 Å². The van der Waals surface area contributed by atoms with Crippen molar-refractivity contribution in [1.82, 2.24) is 9.97 Å². The predicted molar refractivity (Wildman–Crippen MR) is 238 cm³/mol. The molecular formula is C54H46N2. The molecule has 272 valence electrons. The van der Waals surface area contributed by atoms with Gasteiger partial charge in [-0.1, -0.05) is 177 Å². The van der Waals surface area contributed by atoms with E-state index in [0.717, 1.165) is 70.6 Å². The van der Waals surface area contributed by atoms with Crippen LogP contribution in [0.2, 0.25) is 0 Å². The number of benzene rings is 5. The summed E-state index contributed by atoms with van der Waals surface area (Å²) in [6.07, 6.45) is 19.9. The van der Waals surface area contributed by atoms with Gasteiger partial charge in [-0.2, -0.15) is 0 Å². The molecule has 0 aliphatic rings. The Balaban J connectivity index is 1.16. The number of hydrogen-bond acceptors (Lipinski definition) is 2. The molecule has 0 amide bonds. The van der Waals surface area contributed by atoms with Crippen LogP contribution in [0.4, 0.5) is 0 Å². The van der Waals surface area contributed by atoms with Crippen molar-refractivity contribution in [2.75, 3.05) is 0 Å². The fraction of sp³-hybridized carbons (Fsp3) is 0.0741. The summed E-state index contributed by atoms with van der Waals surface area (Å²) in [5, 5.41) is 0. The SMILES string of the molecule is C=C/C=C(\C=C)c1cc(-c2cccc(-c3cccc(-c4ccc(Cc5ccccc5)c(C/C=C\C=C/CCc5ccccn5)c4)c3)c2)cc(-c2ccccc2)n1. The summed E-state index contributed by atoms with van der Waals surface area (Å²) in [4.78, 5) is 9.47. The smallest absolute Gasteiger partial charge is 0.0715 e. The van der Waals surface area contributed by atoms with E-state index in [1.165, 1.54) is 33.4 Å². The molecule has 0 aliphatic heterocycles. The van der Waals surface area contributed by atoms with Crippen molar-refractivity contribution in [2.24, 2.45) is 0 Å². The summed E-state index contributed by atoms with van der Waals surface area (Å²) in [6, 6.07) is 56.1. The number of aromatic nitrogens is 2. The molecule has 0 N–H and O–H groups in total. The van der Waals surface area contributed by atoms with Crippen LogP contribution in [0.3, 0.4) is 0 Å². The standard InChI is InChI=1S/C54H46N2/c1-3-20-42(4-2)53-39-51(40-54(56-53)43-23-13-9-14-24-43)48-29-19-27-46(37-48)45-26-18-28-47(36-45)50-33-32-49(35-41-21-10-8-11-22-41)44(38-50)25-12-6-5-7-15-30-52-31-16-17-34-55-52/h3-14,16-24,26-29,31-34,36-40H,1-2,15,25,30,35H2/b7-5-,12-6-,42-20+. The molecule has 2 nitrogen and oxygen atoms in total. The first-order chi connectivity index (χ1) is 27.7. The summed E-state index contributed by atoms with van der Waals surface area (Å²) in [7, 11) is 0. The number of aryl methyl sites for hydroxylation is 1. The van der Waals surface area contributed by atoms with Gasteiger partial charge < -0.3 is 0 Å². The third kappa shape index (κ3) is 9.79. The molecule has 2 aromatic heterocycles. The summed E-state index contributed by atoms with van der Waals surface area (Å²) in [5.74, 6) is 0. The molecule has 0 radical (unpaired) electrons. The van der Waals surface area contributed by atoms with Gasteiger partial charge >= 0.3 is 0 Å². The lowest BCUT2D eigenvalue weighted by molar-refractivity contribution is 0.943. The Morgan fingerprint density at radius 2 is 1.18 bits per heavy atom. The van der Waals surface area contributed by atoms with E-state index in [2.05, 4.69) is 170 Å². The average Bonchev–Trinajstić information content (AvgIpc) is 3.26. The van der Waals surface area contributed by atoms with Crippen LogP contribution in [0.1, 0.15) is 34.5 Å². The molecule has 0 aliphatic carbocycles. The Morgan fingerprint density at radius 3 is 1.86 bits per heavy atom. The highest BCUT2D eigenvalue weighted by atomic mass is 14.7. The van der Waals surface area contributed by atoms with E-state index in [1.54, 1.807) is 6.08 Å². The Labute approximate surface area is 332 Å². The quantitative estimate of drug-likeness (QED) is 0.0985. The van der Waals surface area contributed by atoms with Crippen molar-refractivity contribution in [3.05, 3.63) is 248 Å². The first kappa shape index (κ1) is 37.4. The van der Waals surface area contributed by atoms with Crippen LogP contribution in [0.15, 0.2) is 220 Å². The maximum Gasteiger partial charge on any atom is 0.0715 e. The van der Waals surface area contributed by atoms with Gasteiger partial charge in [0, 0.05) is 17.5 Å². The molecule has 0 saturated carbocycles. The molecule has 7 rings (SSSR count). The second-order valence-electron chi connectivity index (χ2n) is 13.8. The van der Waals surface area contributed by atoms with Crippen LogP contribution >= 0.6 is 0 Å². The second-order valence-corrected chi connectivity index (χ2v) is 13.8. The molecule has 0 atom stereocenters. The highest BCUT2D eigenvalue weighted by Gasteiger charge is 2.12. The van der Waals surface area contributed by atoms with Crippen LogP contribution in [0.25, 0.3) is 50.2 Å². The number of nitrogens with zero attached hydrogens (tertiary/aromatic N) is 2. The monoisotopic (exact) mass is 722 g/mol. The summed E-state index contributed by atoms with van der Waals surface area (Å²) in [5.41, 5.74) is 15.9. The Kier molecular flexibility index (Phi) is 12.6. The van der Waals surface area contributed by atoms with E-state index in [9.17, 15) is 0 Å². The van der Waals surface area contributed by atoms with Gasteiger partial charge in [0.05, 0.1) is 11.4 Å². The zero-order valence-electron chi connectivity index (χ0n) is 31.8. The molecule has 0 fully saturated rings. The van der Waals surface area contributed by atoms with Gasteiger partial charge in [0.25, 0.3) is 0 Å². The number of hydrogen-bond donors (Lipinski definition) is 0. The minimum absolute atomic E-state index is 0.858. The van der Waals surface area contributed by atoms with Crippen LogP contribution in [-0.2, 0) is 19.3 Å². The zero-order valence-corrected chi connectivity index (χ0v) is 31.8. The lowest BCUT2D eigenvalue weighted by atomic mass is 9.92. The van der Waals surface area contributed by atoms with Crippen molar-refractivity contribution in [1.29, 1.82) is 0 Å². The van der Waals surface area contributed by atoms with E-state index in [1.807, 2.05) is 48.7 Å². The molecule has 0 saturated heterocycles. The summed E-state index contributed by atoms with van der Waals surface area (Å²) < 4.78 is 0. The molecule has 0 unspecified atom stereocenters. The van der Waals surface area contributed by atoms with Gasteiger partial charge in [0.1, 0.15) is 0 Å². The summed E-state index contributed by atoms with van der Waals surface area (Å²) >= 11 is 0.